The standard InChI is InChI=1S/C12H14ClN3O2/c13-10-3-1-7(14)5-9(10)12(18)15-6-8-2-4-11(17)16-8/h1,3,5,8H,2,4,6,14H2,(H,15,18)(H,16,17). The summed E-state index contributed by atoms with van der Waals surface area (Å²) in [5.74, 6) is -0.260. The normalized spacial score (nSPS) is 18.5. The van der Waals surface area contributed by atoms with Crippen LogP contribution >= 0.6 is 11.6 Å². The lowest BCUT2D eigenvalue weighted by atomic mass is 10.1. The number of benzene rings is 1. The lowest BCUT2D eigenvalue weighted by Crippen LogP contribution is -2.38. The first-order valence-corrected chi connectivity index (χ1v) is 6.06. The first kappa shape index (κ1) is 12.7. The molecule has 1 saturated heterocycles. The summed E-state index contributed by atoms with van der Waals surface area (Å²) in [4.78, 5) is 22.9. The average molecular weight is 268 g/mol. The molecule has 1 atom stereocenters. The number of nitrogens with two attached hydrogens (primary N) is 1. The van der Waals surface area contributed by atoms with Crippen LogP contribution in [0.3, 0.4) is 0 Å². The molecule has 0 bridgehead atoms. The maximum atomic E-state index is 11.9. The van der Waals surface area contributed by atoms with Crippen LogP contribution in [0.2, 0.25) is 5.02 Å². The Morgan fingerprint density at radius 2 is 2.33 bits per heavy atom. The maximum Gasteiger partial charge on any atom is 0.252 e. The van der Waals surface area contributed by atoms with Gasteiger partial charge in [-0.1, -0.05) is 11.6 Å². The molecule has 1 aliphatic rings. The van der Waals surface area contributed by atoms with Gasteiger partial charge in [0.1, 0.15) is 0 Å². The van der Waals surface area contributed by atoms with E-state index in [0.29, 0.717) is 29.2 Å². The highest BCUT2D eigenvalue weighted by atomic mass is 35.5. The van der Waals surface area contributed by atoms with Gasteiger partial charge in [0.25, 0.3) is 5.91 Å². The van der Waals surface area contributed by atoms with Crippen molar-refractivity contribution in [2.24, 2.45) is 0 Å². The summed E-state index contributed by atoms with van der Waals surface area (Å²) >= 11 is 5.92. The van der Waals surface area contributed by atoms with E-state index in [0.717, 1.165) is 6.42 Å². The van der Waals surface area contributed by atoms with E-state index in [4.69, 9.17) is 17.3 Å². The lowest BCUT2D eigenvalue weighted by Gasteiger charge is -2.12. The molecule has 18 heavy (non-hydrogen) atoms. The number of rotatable bonds is 3. The topological polar surface area (TPSA) is 84.2 Å². The molecule has 0 radical (unpaired) electrons. The van der Waals surface area contributed by atoms with Crippen LogP contribution in [0.15, 0.2) is 18.2 Å². The third kappa shape index (κ3) is 2.92. The summed E-state index contributed by atoms with van der Waals surface area (Å²) in [6.07, 6.45) is 1.25. The zero-order valence-electron chi connectivity index (χ0n) is 9.70. The van der Waals surface area contributed by atoms with Gasteiger partial charge in [-0.2, -0.15) is 0 Å². The van der Waals surface area contributed by atoms with Crippen LogP contribution in [0.4, 0.5) is 5.69 Å². The molecule has 2 amide bonds. The number of hydrogen-bond donors (Lipinski definition) is 3. The van der Waals surface area contributed by atoms with E-state index in [1.807, 2.05) is 0 Å². The van der Waals surface area contributed by atoms with Crippen LogP contribution in [-0.4, -0.2) is 24.4 Å². The van der Waals surface area contributed by atoms with Crippen LogP contribution in [0.1, 0.15) is 23.2 Å². The van der Waals surface area contributed by atoms with Gasteiger partial charge in [0, 0.05) is 24.7 Å². The molecular formula is C12H14ClN3O2. The Labute approximate surface area is 110 Å². The molecule has 2 rings (SSSR count). The molecule has 1 fully saturated rings. The molecule has 1 aliphatic heterocycles. The fourth-order valence-corrected chi connectivity index (χ4v) is 2.06. The zero-order valence-corrected chi connectivity index (χ0v) is 10.5. The number of carbonyl (C=O) groups is 2. The Balaban J connectivity index is 1.95. The fraction of sp³-hybridized carbons (Fsp3) is 0.333. The Bertz CT molecular complexity index is 490. The monoisotopic (exact) mass is 267 g/mol. The Hall–Kier alpha value is -1.75. The van der Waals surface area contributed by atoms with Gasteiger partial charge in [-0.25, -0.2) is 0 Å². The van der Waals surface area contributed by atoms with Gasteiger partial charge in [-0.05, 0) is 24.6 Å². The van der Waals surface area contributed by atoms with E-state index in [-0.39, 0.29) is 17.9 Å². The third-order valence-electron chi connectivity index (χ3n) is 2.83. The molecule has 1 unspecified atom stereocenters. The second kappa shape index (κ2) is 5.27. The van der Waals surface area contributed by atoms with E-state index in [2.05, 4.69) is 10.6 Å². The predicted molar refractivity (Wildman–Crippen MR) is 69.4 cm³/mol. The number of anilines is 1. The van der Waals surface area contributed by atoms with Gasteiger partial charge in [0.05, 0.1) is 10.6 Å². The molecule has 4 N–H and O–H groups in total. The van der Waals surface area contributed by atoms with Crippen molar-refractivity contribution < 1.29 is 9.59 Å². The second-order valence-electron chi connectivity index (χ2n) is 4.25. The summed E-state index contributed by atoms with van der Waals surface area (Å²) in [7, 11) is 0. The van der Waals surface area contributed by atoms with Crippen molar-refractivity contribution in [1.82, 2.24) is 10.6 Å². The van der Waals surface area contributed by atoms with Gasteiger partial charge >= 0.3 is 0 Å². The number of amides is 2. The quantitative estimate of drug-likeness (QED) is 0.713. The van der Waals surface area contributed by atoms with E-state index in [9.17, 15) is 9.59 Å². The first-order valence-electron chi connectivity index (χ1n) is 5.69. The highest BCUT2D eigenvalue weighted by Crippen LogP contribution is 2.18. The number of nitrogens with one attached hydrogen (secondary N) is 2. The van der Waals surface area contributed by atoms with E-state index in [1.165, 1.54) is 6.07 Å². The van der Waals surface area contributed by atoms with Crippen molar-refractivity contribution in [3.05, 3.63) is 28.8 Å². The molecule has 1 aromatic rings. The third-order valence-corrected chi connectivity index (χ3v) is 3.16. The van der Waals surface area contributed by atoms with E-state index < -0.39 is 0 Å². The van der Waals surface area contributed by atoms with Crippen molar-refractivity contribution in [2.45, 2.75) is 18.9 Å². The molecule has 1 aromatic carbocycles. The second-order valence-corrected chi connectivity index (χ2v) is 4.66. The molecule has 0 saturated carbocycles. The minimum atomic E-state index is -0.284. The molecule has 1 heterocycles. The zero-order chi connectivity index (χ0) is 13.1. The fourth-order valence-electron chi connectivity index (χ4n) is 1.86. The van der Waals surface area contributed by atoms with Gasteiger partial charge in [0.2, 0.25) is 5.91 Å². The van der Waals surface area contributed by atoms with E-state index >= 15 is 0 Å². The van der Waals surface area contributed by atoms with Crippen molar-refractivity contribution in [3.63, 3.8) is 0 Å². The molecule has 0 aromatic heterocycles. The summed E-state index contributed by atoms with van der Waals surface area (Å²) < 4.78 is 0. The summed E-state index contributed by atoms with van der Waals surface area (Å²) in [5, 5.41) is 5.87. The Morgan fingerprint density at radius 3 is 3.00 bits per heavy atom. The van der Waals surface area contributed by atoms with Crippen LogP contribution in [0, 0.1) is 0 Å². The van der Waals surface area contributed by atoms with Crippen LogP contribution < -0.4 is 16.4 Å². The molecule has 0 aliphatic carbocycles. The van der Waals surface area contributed by atoms with Gasteiger partial charge in [-0.15, -0.1) is 0 Å². The highest BCUT2D eigenvalue weighted by Gasteiger charge is 2.21. The summed E-state index contributed by atoms with van der Waals surface area (Å²) in [5.41, 5.74) is 6.44. The highest BCUT2D eigenvalue weighted by molar-refractivity contribution is 6.34. The van der Waals surface area contributed by atoms with Crippen molar-refractivity contribution >= 4 is 29.1 Å². The first-order chi connectivity index (χ1) is 8.56. The van der Waals surface area contributed by atoms with Crippen LogP contribution in [-0.2, 0) is 4.79 Å². The summed E-state index contributed by atoms with van der Waals surface area (Å²) in [6.45, 7) is 0.399. The van der Waals surface area contributed by atoms with Crippen LogP contribution in [0.5, 0.6) is 0 Å². The maximum absolute atomic E-state index is 11.9. The van der Waals surface area contributed by atoms with Gasteiger partial charge in [0.15, 0.2) is 0 Å². The Kier molecular flexibility index (Phi) is 3.72. The lowest BCUT2D eigenvalue weighted by molar-refractivity contribution is -0.119. The average Bonchev–Trinajstić information content (AvgIpc) is 2.75. The largest absolute Gasteiger partial charge is 0.399 e. The smallest absolute Gasteiger partial charge is 0.252 e. The Morgan fingerprint density at radius 1 is 1.56 bits per heavy atom. The van der Waals surface area contributed by atoms with E-state index in [1.54, 1.807) is 12.1 Å². The number of halogens is 1. The molecule has 5 nitrogen and oxygen atoms in total. The molecular weight excluding hydrogens is 254 g/mol. The predicted octanol–water partition coefficient (Wildman–Crippen LogP) is 0.931. The van der Waals surface area contributed by atoms with Crippen molar-refractivity contribution in [3.8, 4) is 0 Å². The van der Waals surface area contributed by atoms with Gasteiger partial charge < -0.3 is 16.4 Å². The van der Waals surface area contributed by atoms with Gasteiger partial charge in [-0.3, -0.25) is 9.59 Å². The molecule has 6 heteroatoms. The van der Waals surface area contributed by atoms with Crippen LogP contribution in [0.25, 0.3) is 0 Å². The SMILES string of the molecule is Nc1ccc(Cl)c(C(=O)NCC2CCC(=O)N2)c1. The van der Waals surface area contributed by atoms with Crippen molar-refractivity contribution in [1.29, 1.82) is 0 Å². The minimum absolute atomic E-state index is 0.00119. The molecule has 0 spiro atoms. The number of hydrogen-bond acceptors (Lipinski definition) is 3. The number of carbonyl (C=O) groups excluding carboxylic acids is 2. The molecule has 96 valence electrons. The number of nitrogen functional groups attached to an aromatic ring is 1. The summed E-state index contributed by atoms with van der Waals surface area (Å²) in [6, 6.07) is 4.76. The van der Waals surface area contributed by atoms with Crippen molar-refractivity contribution in [2.75, 3.05) is 12.3 Å². The minimum Gasteiger partial charge on any atom is -0.399 e.